The minimum Gasteiger partial charge on any atom is -0.457 e. The van der Waals surface area contributed by atoms with Crippen molar-refractivity contribution in [3.8, 4) is 17.6 Å². The molecule has 2 aromatic carbocycles. The maximum Gasteiger partial charge on any atom is 0.127 e. The summed E-state index contributed by atoms with van der Waals surface area (Å²) in [6.45, 7) is 3.69. The van der Waals surface area contributed by atoms with Crippen LogP contribution in [-0.2, 0) is 0 Å². The Hall–Kier alpha value is -2.53. The lowest BCUT2D eigenvalue weighted by molar-refractivity contribution is 0.482. The van der Waals surface area contributed by atoms with Gasteiger partial charge in [0.1, 0.15) is 11.5 Å². The van der Waals surface area contributed by atoms with Gasteiger partial charge in [-0.05, 0) is 42.0 Å². The number of ether oxygens (including phenoxy) is 1. The van der Waals surface area contributed by atoms with Crippen LogP contribution in [0.5, 0.6) is 11.5 Å². The van der Waals surface area contributed by atoms with E-state index in [9.17, 15) is 0 Å². The number of hydrogen-bond donors (Lipinski definition) is 0. The highest BCUT2D eigenvalue weighted by atomic mass is 16.5. The van der Waals surface area contributed by atoms with Crippen LogP contribution in [0.1, 0.15) is 11.1 Å². The van der Waals surface area contributed by atoms with E-state index in [1.807, 2.05) is 24.3 Å². The molecule has 2 rings (SSSR count). The Balaban J connectivity index is 2.14. The fourth-order valence-corrected chi connectivity index (χ4v) is 1.41. The van der Waals surface area contributed by atoms with E-state index in [0.29, 0.717) is 5.56 Å². The van der Waals surface area contributed by atoms with E-state index in [2.05, 4.69) is 12.6 Å². The van der Waals surface area contributed by atoms with E-state index in [1.165, 1.54) is 0 Å². The topological polar surface area (TPSA) is 33.0 Å². The zero-order valence-electron chi connectivity index (χ0n) is 9.26. The van der Waals surface area contributed by atoms with E-state index >= 15 is 0 Å². The van der Waals surface area contributed by atoms with Crippen LogP contribution in [0, 0.1) is 11.3 Å². The smallest absolute Gasteiger partial charge is 0.127 e. The van der Waals surface area contributed by atoms with Crippen LogP contribution in [0.2, 0.25) is 0 Å². The van der Waals surface area contributed by atoms with Gasteiger partial charge in [0.15, 0.2) is 0 Å². The number of hydrogen-bond acceptors (Lipinski definition) is 2. The van der Waals surface area contributed by atoms with Gasteiger partial charge in [-0.1, -0.05) is 24.8 Å². The second-order valence-corrected chi connectivity index (χ2v) is 3.51. The monoisotopic (exact) mass is 221 g/mol. The van der Waals surface area contributed by atoms with Crippen LogP contribution in [0.15, 0.2) is 55.1 Å². The fraction of sp³-hybridized carbons (Fsp3) is 0. The van der Waals surface area contributed by atoms with Crippen molar-refractivity contribution < 1.29 is 4.74 Å². The second-order valence-electron chi connectivity index (χ2n) is 3.51. The Morgan fingerprint density at radius 2 is 1.47 bits per heavy atom. The zero-order valence-corrected chi connectivity index (χ0v) is 9.26. The molecule has 0 saturated heterocycles. The van der Waals surface area contributed by atoms with Crippen molar-refractivity contribution in [3.63, 3.8) is 0 Å². The van der Waals surface area contributed by atoms with Gasteiger partial charge in [-0.25, -0.2) is 0 Å². The third-order valence-electron chi connectivity index (χ3n) is 2.33. The van der Waals surface area contributed by atoms with Crippen molar-refractivity contribution in [2.24, 2.45) is 0 Å². The molecule has 0 N–H and O–H groups in total. The van der Waals surface area contributed by atoms with Gasteiger partial charge in [-0.3, -0.25) is 0 Å². The van der Waals surface area contributed by atoms with E-state index in [1.54, 1.807) is 30.3 Å². The molecule has 17 heavy (non-hydrogen) atoms. The summed E-state index contributed by atoms with van der Waals surface area (Å²) in [6, 6.07) is 16.7. The third-order valence-corrected chi connectivity index (χ3v) is 2.33. The average molecular weight is 221 g/mol. The molecule has 82 valence electrons. The first kappa shape index (κ1) is 11.0. The lowest BCUT2D eigenvalue weighted by atomic mass is 10.2. The van der Waals surface area contributed by atoms with Gasteiger partial charge in [0.25, 0.3) is 0 Å². The van der Waals surface area contributed by atoms with Crippen LogP contribution < -0.4 is 4.74 Å². The molecule has 0 saturated carbocycles. The van der Waals surface area contributed by atoms with Crippen molar-refractivity contribution in [2.75, 3.05) is 0 Å². The Kier molecular flexibility index (Phi) is 3.23. The van der Waals surface area contributed by atoms with Gasteiger partial charge in [0, 0.05) is 0 Å². The fourth-order valence-electron chi connectivity index (χ4n) is 1.41. The van der Waals surface area contributed by atoms with Gasteiger partial charge < -0.3 is 4.74 Å². The SMILES string of the molecule is C=Cc1ccc(Oc2ccc(C#N)cc2)cc1. The molecular weight excluding hydrogens is 210 g/mol. The average Bonchev–Trinajstić information content (AvgIpc) is 2.40. The van der Waals surface area contributed by atoms with Crippen LogP contribution in [0.25, 0.3) is 6.08 Å². The first-order chi connectivity index (χ1) is 8.31. The molecule has 0 aliphatic rings. The molecule has 0 aromatic heterocycles. The number of nitriles is 1. The molecule has 0 radical (unpaired) electrons. The predicted octanol–water partition coefficient (Wildman–Crippen LogP) is 3.99. The molecule has 0 heterocycles. The van der Waals surface area contributed by atoms with Gasteiger partial charge in [0.2, 0.25) is 0 Å². The van der Waals surface area contributed by atoms with E-state index < -0.39 is 0 Å². The van der Waals surface area contributed by atoms with Crippen molar-refractivity contribution in [1.29, 1.82) is 5.26 Å². The van der Waals surface area contributed by atoms with E-state index in [0.717, 1.165) is 17.1 Å². The molecule has 0 spiro atoms. The number of nitrogens with zero attached hydrogens (tertiary/aromatic N) is 1. The molecule has 0 aliphatic carbocycles. The highest BCUT2D eigenvalue weighted by Gasteiger charge is 1.97. The van der Waals surface area contributed by atoms with Crippen LogP contribution >= 0.6 is 0 Å². The van der Waals surface area contributed by atoms with E-state index in [4.69, 9.17) is 10.00 Å². The molecule has 0 bridgehead atoms. The highest BCUT2D eigenvalue weighted by molar-refractivity contribution is 5.48. The normalized spacial score (nSPS) is 9.35. The maximum absolute atomic E-state index is 8.68. The molecule has 2 nitrogen and oxygen atoms in total. The summed E-state index contributed by atoms with van der Waals surface area (Å²) in [5, 5.41) is 8.68. The summed E-state index contributed by atoms with van der Waals surface area (Å²) in [7, 11) is 0. The lowest BCUT2D eigenvalue weighted by Gasteiger charge is -2.05. The molecule has 2 aromatic rings. The summed E-state index contributed by atoms with van der Waals surface area (Å²) < 4.78 is 5.63. The van der Waals surface area contributed by atoms with Gasteiger partial charge in [-0.2, -0.15) is 5.26 Å². The Labute approximate surface area is 100 Å². The molecule has 0 aliphatic heterocycles. The molecule has 0 fully saturated rings. The molecule has 2 heteroatoms. The molecule has 0 atom stereocenters. The molecule has 0 unspecified atom stereocenters. The Morgan fingerprint density at radius 1 is 0.941 bits per heavy atom. The largest absolute Gasteiger partial charge is 0.457 e. The van der Waals surface area contributed by atoms with Crippen LogP contribution in [0.3, 0.4) is 0 Å². The quantitative estimate of drug-likeness (QED) is 0.785. The summed E-state index contributed by atoms with van der Waals surface area (Å²) in [5.74, 6) is 1.48. The molecular formula is C15H11NO. The minimum atomic E-state index is 0.624. The first-order valence-corrected chi connectivity index (χ1v) is 5.22. The third kappa shape index (κ3) is 2.73. The predicted molar refractivity (Wildman–Crippen MR) is 67.8 cm³/mol. The van der Waals surface area contributed by atoms with Crippen LogP contribution in [-0.4, -0.2) is 0 Å². The summed E-state index contributed by atoms with van der Waals surface area (Å²) in [6.07, 6.45) is 1.78. The summed E-state index contributed by atoms with van der Waals surface area (Å²) in [5.41, 5.74) is 1.68. The van der Waals surface area contributed by atoms with E-state index in [-0.39, 0.29) is 0 Å². The van der Waals surface area contributed by atoms with Crippen LogP contribution in [0.4, 0.5) is 0 Å². The Bertz CT molecular complexity index is 547. The maximum atomic E-state index is 8.68. The Morgan fingerprint density at radius 3 is 1.94 bits per heavy atom. The molecule has 0 amide bonds. The van der Waals surface area contributed by atoms with Crippen molar-refractivity contribution in [2.45, 2.75) is 0 Å². The van der Waals surface area contributed by atoms with Gasteiger partial charge in [-0.15, -0.1) is 0 Å². The van der Waals surface area contributed by atoms with Gasteiger partial charge >= 0.3 is 0 Å². The standard InChI is InChI=1S/C15H11NO/c1-2-12-3-7-14(8-4-12)17-15-9-5-13(11-16)6-10-15/h2-10H,1H2. The number of rotatable bonds is 3. The van der Waals surface area contributed by atoms with Crippen molar-refractivity contribution >= 4 is 6.08 Å². The van der Waals surface area contributed by atoms with Gasteiger partial charge in [0.05, 0.1) is 11.6 Å². The lowest BCUT2D eigenvalue weighted by Crippen LogP contribution is -1.84. The second kappa shape index (κ2) is 5.00. The zero-order chi connectivity index (χ0) is 12.1. The van der Waals surface area contributed by atoms with Crippen molar-refractivity contribution in [1.82, 2.24) is 0 Å². The minimum absolute atomic E-state index is 0.624. The summed E-state index contributed by atoms with van der Waals surface area (Å²) >= 11 is 0. The highest BCUT2D eigenvalue weighted by Crippen LogP contribution is 2.22. The summed E-state index contributed by atoms with van der Waals surface area (Å²) in [4.78, 5) is 0. The first-order valence-electron chi connectivity index (χ1n) is 5.22. The van der Waals surface area contributed by atoms with Crippen molar-refractivity contribution in [3.05, 3.63) is 66.2 Å². The number of benzene rings is 2.